The molecule has 1 aromatic heterocycles. The lowest BCUT2D eigenvalue weighted by molar-refractivity contribution is 0.0559. The van der Waals surface area contributed by atoms with Crippen molar-refractivity contribution in [1.29, 1.82) is 0 Å². The molecule has 1 aliphatic heterocycles. The molecular weight excluding hydrogens is 304 g/mol. The second-order valence-corrected chi connectivity index (χ2v) is 5.69. The Kier molecular flexibility index (Phi) is 4.40. The van der Waals surface area contributed by atoms with Gasteiger partial charge in [0.25, 0.3) is 5.91 Å². The Bertz CT molecular complexity index is 673. The van der Waals surface area contributed by atoms with E-state index in [0.29, 0.717) is 36.1 Å². The van der Waals surface area contributed by atoms with Crippen molar-refractivity contribution >= 4 is 17.5 Å². The highest BCUT2D eigenvalue weighted by molar-refractivity contribution is 6.32. The van der Waals surface area contributed by atoms with Crippen LogP contribution in [0, 0.1) is 0 Å². The second-order valence-electron chi connectivity index (χ2n) is 5.29. The number of nitrogens with zero attached hydrogens (tertiary/aromatic N) is 4. The number of ether oxygens (including phenoxy) is 1. The van der Waals surface area contributed by atoms with Crippen molar-refractivity contribution < 1.29 is 9.53 Å². The third kappa shape index (κ3) is 3.13. The minimum Gasteiger partial charge on any atom is -0.377 e. The number of rotatable bonds is 2. The van der Waals surface area contributed by atoms with Gasteiger partial charge in [-0.25, -0.2) is 4.68 Å². The molecule has 0 N–H and O–H groups in total. The summed E-state index contributed by atoms with van der Waals surface area (Å²) in [7, 11) is 0. The maximum absolute atomic E-state index is 12.5. The van der Waals surface area contributed by atoms with E-state index in [9.17, 15) is 4.79 Å². The van der Waals surface area contributed by atoms with Crippen molar-refractivity contribution in [3.8, 4) is 5.69 Å². The number of benzene rings is 1. The van der Waals surface area contributed by atoms with Gasteiger partial charge >= 0.3 is 0 Å². The molecule has 1 fully saturated rings. The fraction of sp³-hybridized carbons (Fsp3) is 0.400. The summed E-state index contributed by atoms with van der Waals surface area (Å²) in [5.41, 5.74) is 1.01. The van der Waals surface area contributed by atoms with Crippen molar-refractivity contribution in [2.45, 2.75) is 19.4 Å². The summed E-state index contributed by atoms with van der Waals surface area (Å²) in [5, 5.41) is 8.55. The maximum Gasteiger partial charge on any atom is 0.276 e. The first-order valence-corrected chi connectivity index (χ1v) is 7.61. The highest BCUT2D eigenvalue weighted by atomic mass is 35.5. The topological polar surface area (TPSA) is 60.2 Å². The standard InChI is InChI=1S/C15H17ClN4O2/c1-11-9-19(7-4-8-22-11)15(21)13-10-20(18-17-13)14-6-3-2-5-12(14)16/h2-3,5-6,10-11H,4,7-9H2,1H3. The van der Waals surface area contributed by atoms with Gasteiger partial charge in [0.2, 0.25) is 0 Å². The zero-order chi connectivity index (χ0) is 15.5. The predicted octanol–water partition coefficient (Wildman–Crippen LogP) is 2.17. The number of hydrogen-bond acceptors (Lipinski definition) is 4. The molecule has 1 aromatic carbocycles. The third-order valence-electron chi connectivity index (χ3n) is 3.55. The van der Waals surface area contributed by atoms with Crippen LogP contribution < -0.4 is 0 Å². The van der Waals surface area contributed by atoms with Crippen LogP contribution >= 0.6 is 11.6 Å². The molecule has 0 saturated carbocycles. The van der Waals surface area contributed by atoms with Crippen LogP contribution in [0.1, 0.15) is 23.8 Å². The van der Waals surface area contributed by atoms with Gasteiger partial charge in [-0.15, -0.1) is 5.10 Å². The van der Waals surface area contributed by atoms with Crippen molar-refractivity contribution in [2.24, 2.45) is 0 Å². The minimum absolute atomic E-state index is 0.0325. The number of para-hydroxylation sites is 1. The molecule has 3 rings (SSSR count). The van der Waals surface area contributed by atoms with Crippen molar-refractivity contribution in [1.82, 2.24) is 19.9 Å². The van der Waals surface area contributed by atoms with E-state index in [1.807, 2.05) is 25.1 Å². The van der Waals surface area contributed by atoms with Gasteiger partial charge in [0, 0.05) is 19.7 Å². The van der Waals surface area contributed by atoms with Gasteiger partial charge in [-0.2, -0.15) is 0 Å². The van der Waals surface area contributed by atoms with Gasteiger partial charge in [-0.05, 0) is 25.5 Å². The first-order chi connectivity index (χ1) is 10.6. The molecule has 22 heavy (non-hydrogen) atoms. The van der Waals surface area contributed by atoms with Gasteiger partial charge in [0.05, 0.1) is 23.0 Å². The summed E-state index contributed by atoms with van der Waals surface area (Å²) >= 11 is 6.14. The fourth-order valence-corrected chi connectivity index (χ4v) is 2.68. The van der Waals surface area contributed by atoms with Crippen LogP contribution in [0.3, 0.4) is 0 Å². The van der Waals surface area contributed by atoms with Gasteiger partial charge in [0.15, 0.2) is 5.69 Å². The monoisotopic (exact) mass is 320 g/mol. The van der Waals surface area contributed by atoms with Crippen LogP contribution in [0.4, 0.5) is 0 Å². The molecule has 0 aliphatic carbocycles. The summed E-state index contributed by atoms with van der Waals surface area (Å²) in [6, 6.07) is 7.30. The Hall–Kier alpha value is -1.92. The predicted molar refractivity (Wildman–Crippen MR) is 82.3 cm³/mol. The number of halogens is 1. The van der Waals surface area contributed by atoms with E-state index in [0.717, 1.165) is 6.42 Å². The molecule has 7 heteroatoms. The highest BCUT2D eigenvalue weighted by Gasteiger charge is 2.23. The van der Waals surface area contributed by atoms with Gasteiger partial charge < -0.3 is 9.64 Å². The van der Waals surface area contributed by atoms with E-state index in [1.54, 1.807) is 17.2 Å². The highest BCUT2D eigenvalue weighted by Crippen LogP contribution is 2.19. The average molecular weight is 321 g/mol. The Labute approximate surface area is 133 Å². The molecule has 0 bridgehead atoms. The molecule has 2 aromatic rings. The van der Waals surface area contributed by atoms with E-state index in [-0.39, 0.29) is 12.0 Å². The average Bonchev–Trinajstić information content (AvgIpc) is 2.89. The molecule has 0 spiro atoms. The zero-order valence-electron chi connectivity index (χ0n) is 12.3. The first-order valence-electron chi connectivity index (χ1n) is 7.23. The number of carbonyl (C=O) groups excluding carboxylic acids is 1. The summed E-state index contributed by atoms with van der Waals surface area (Å²) in [4.78, 5) is 14.3. The lowest BCUT2D eigenvalue weighted by Crippen LogP contribution is -2.36. The van der Waals surface area contributed by atoms with Crippen LogP contribution in [0.25, 0.3) is 5.69 Å². The van der Waals surface area contributed by atoms with Gasteiger partial charge in [-0.1, -0.05) is 28.9 Å². The van der Waals surface area contributed by atoms with Crippen LogP contribution in [0.15, 0.2) is 30.5 Å². The SMILES string of the molecule is CC1CN(C(=O)c2cn(-c3ccccc3Cl)nn2)CCCO1. The van der Waals surface area contributed by atoms with Gasteiger partial charge in [0.1, 0.15) is 0 Å². The molecule has 2 heterocycles. The van der Waals surface area contributed by atoms with Crippen LogP contribution in [-0.2, 0) is 4.74 Å². The largest absolute Gasteiger partial charge is 0.377 e. The van der Waals surface area contributed by atoms with Gasteiger partial charge in [-0.3, -0.25) is 4.79 Å². The summed E-state index contributed by atoms with van der Waals surface area (Å²) < 4.78 is 7.08. The quantitative estimate of drug-likeness (QED) is 0.851. The Morgan fingerprint density at radius 2 is 2.23 bits per heavy atom. The number of amides is 1. The minimum atomic E-state index is -0.129. The van der Waals surface area contributed by atoms with Crippen molar-refractivity contribution in [3.05, 3.63) is 41.2 Å². The smallest absolute Gasteiger partial charge is 0.276 e. The van der Waals surface area contributed by atoms with E-state index in [4.69, 9.17) is 16.3 Å². The third-order valence-corrected chi connectivity index (χ3v) is 3.87. The maximum atomic E-state index is 12.5. The number of carbonyl (C=O) groups is 1. The molecule has 1 aliphatic rings. The molecule has 1 amide bonds. The lowest BCUT2D eigenvalue weighted by atomic mass is 10.3. The van der Waals surface area contributed by atoms with Crippen molar-refractivity contribution in [2.75, 3.05) is 19.7 Å². The molecule has 6 nitrogen and oxygen atoms in total. The van der Waals surface area contributed by atoms with E-state index in [2.05, 4.69) is 10.3 Å². The van der Waals surface area contributed by atoms with Crippen molar-refractivity contribution in [3.63, 3.8) is 0 Å². The summed E-state index contributed by atoms with van der Waals surface area (Å²) in [5.74, 6) is -0.129. The second kappa shape index (κ2) is 6.46. The molecule has 116 valence electrons. The summed E-state index contributed by atoms with van der Waals surface area (Å²) in [6.45, 7) is 3.88. The normalized spacial score (nSPS) is 19.0. The fourth-order valence-electron chi connectivity index (χ4n) is 2.46. The number of hydrogen-bond donors (Lipinski definition) is 0. The Morgan fingerprint density at radius 3 is 3.05 bits per heavy atom. The van der Waals surface area contributed by atoms with Crippen LogP contribution in [-0.4, -0.2) is 51.6 Å². The van der Waals surface area contributed by atoms with Crippen LogP contribution in [0.2, 0.25) is 5.02 Å². The molecular formula is C15H17ClN4O2. The molecule has 1 saturated heterocycles. The van der Waals surface area contributed by atoms with Crippen LogP contribution in [0.5, 0.6) is 0 Å². The molecule has 1 atom stereocenters. The molecule has 1 unspecified atom stereocenters. The summed E-state index contributed by atoms with van der Waals surface area (Å²) in [6.07, 6.45) is 2.47. The van der Waals surface area contributed by atoms with E-state index in [1.165, 1.54) is 4.68 Å². The lowest BCUT2D eigenvalue weighted by Gasteiger charge is -2.20. The van der Waals surface area contributed by atoms with E-state index >= 15 is 0 Å². The van der Waals surface area contributed by atoms with E-state index < -0.39 is 0 Å². The molecule has 0 radical (unpaired) electrons. The first kappa shape index (κ1) is 15.0. The zero-order valence-corrected chi connectivity index (χ0v) is 13.0. The number of aromatic nitrogens is 3. The Morgan fingerprint density at radius 1 is 1.41 bits per heavy atom. The Balaban J connectivity index is 1.81.